The lowest BCUT2D eigenvalue weighted by molar-refractivity contribution is -0.384. The van der Waals surface area contributed by atoms with E-state index in [-0.39, 0.29) is 16.7 Å². The molecule has 1 aromatic carbocycles. The molecule has 0 radical (unpaired) electrons. The number of nitrogens with one attached hydrogen (secondary N) is 1. The van der Waals surface area contributed by atoms with Crippen LogP contribution in [0, 0.1) is 10.1 Å². The lowest BCUT2D eigenvalue weighted by Gasteiger charge is -2.45. The molecule has 1 aromatic rings. The van der Waals surface area contributed by atoms with Crippen LogP contribution in [0.2, 0.25) is 0 Å². The van der Waals surface area contributed by atoms with E-state index < -0.39 is 0 Å². The highest BCUT2D eigenvalue weighted by Gasteiger charge is 2.34. The van der Waals surface area contributed by atoms with Gasteiger partial charge in [0.1, 0.15) is 0 Å². The predicted molar refractivity (Wildman–Crippen MR) is 82.0 cm³/mol. The van der Waals surface area contributed by atoms with Gasteiger partial charge < -0.3 is 15.0 Å². The first-order valence-corrected chi connectivity index (χ1v) is 7.54. The van der Waals surface area contributed by atoms with Crippen molar-refractivity contribution in [3.63, 3.8) is 0 Å². The zero-order chi connectivity index (χ0) is 14.8. The molecule has 2 atom stereocenters. The van der Waals surface area contributed by atoms with Crippen LogP contribution in [0.1, 0.15) is 25.7 Å². The number of rotatable bonds is 3. The molecule has 1 aliphatic carbocycles. The zero-order valence-corrected chi connectivity index (χ0v) is 12.2. The van der Waals surface area contributed by atoms with E-state index in [4.69, 9.17) is 4.74 Å². The number of nitrogens with zero attached hydrogens (tertiary/aromatic N) is 2. The quantitative estimate of drug-likeness (QED) is 0.685. The van der Waals surface area contributed by atoms with E-state index in [0.29, 0.717) is 12.6 Å². The summed E-state index contributed by atoms with van der Waals surface area (Å²) in [6, 6.07) is 5.59. The number of ether oxygens (including phenoxy) is 1. The van der Waals surface area contributed by atoms with Gasteiger partial charge in [0.2, 0.25) is 0 Å². The van der Waals surface area contributed by atoms with Gasteiger partial charge in [0, 0.05) is 37.1 Å². The van der Waals surface area contributed by atoms with Crippen molar-refractivity contribution in [2.45, 2.75) is 37.8 Å². The molecular weight excluding hydrogens is 270 g/mol. The van der Waals surface area contributed by atoms with E-state index in [0.717, 1.165) is 30.8 Å². The fourth-order valence-electron chi connectivity index (χ4n) is 3.43. The molecule has 1 N–H and O–H groups in total. The third kappa shape index (κ3) is 2.81. The van der Waals surface area contributed by atoms with Gasteiger partial charge in [-0.25, -0.2) is 0 Å². The van der Waals surface area contributed by atoms with Gasteiger partial charge in [0.25, 0.3) is 5.69 Å². The first kappa shape index (κ1) is 14.1. The Hall–Kier alpha value is -1.82. The third-order valence-corrected chi connectivity index (χ3v) is 4.47. The SMILES string of the molecule is CNc1cc(N2CCOC3CCCCC32)cc([N+](=O)[O-])c1. The number of nitro benzene ring substituents is 1. The van der Waals surface area contributed by atoms with Gasteiger partial charge in [-0.1, -0.05) is 12.8 Å². The molecule has 1 aliphatic heterocycles. The molecule has 2 unspecified atom stereocenters. The minimum Gasteiger partial charge on any atom is -0.388 e. The Morgan fingerprint density at radius 3 is 2.90 bits per heavy atom. The normalized spacial score (nSPS) is 25.3. The molecule has 114 valence electrons. The fourth-order valence-corrected chi connectivity index (χ4v) is 3.43. The Morgan fingerprint density at radius 2 is 2.14 bits per heavy atom. The molecule has 1 saturated carbocycles. The van der Waals surface area contributed by atoms with E-state index in [9.17, 15) is 10.1 Å². The average Bonchev–Trinajstić information content (AvgIpc) is 2.53. The molecule has 0 spiro atoms. The molecule has 1 heterocycles. The summed E-state index contributed by atoms with van der Waals surface area (Å²) in [6.07, 6.45) is 4.88. The second kappa shape index (κ2) is 5.89. The molecule has 21 heavy (non-hydrogen) atoms. The minimum absolute atomic E-state index is 0.135. The number of benzene rings is 1. The maximum Gasteiger partial charge on any atom is 0.273 e. The van der Waals surface area contributed by atoms with Crippen LogP contribution in [0.25, 0.3) is 0 Å². The number of anilines is 2. The molecule has 3 rings (SSSR count). The fraction of sp³-hybridized carbons (Fsp3) is 0.600. The van der Waals surface area contributed by atoms with Crippen molar-refractivity contribution < 1.29 is 9.66 Å². The molecule has 6 heteroatoms. The molecule has 0 aromatic heterocycles. The maximum absolute atomic E-state index is 11.1. The summed E-state index contributed by atoms with van der Waals surface area (Å²) in [5.41, 5.74) is 1.84. The topological polar surface area (TPSA) is 67.6 Å². The van der Waals surface area contributed by atoms with E-state index in [1.807, 2.05) is 6.07 Å². The molecule has 2 fully saturated rings. The van der Waals surface area contributed by atoms with Crippen LogP contribution in [0.5, 0.6) is 0 Å². The molecule has 0 bridgehead atoms. The Bertz CT molecular complexity index is 533. The van der Waals surface area contributed by atoms with Crippen LogP contribution in [0.15, 0.2) is 18.2 Å². The maximum atomic E-state index is 11.1. The summed E-state index contributed by atoms with van der Waals surface area (Å²) in [6.45, 7) is 1.49. The highest BCUT2D eigenvalue weighted by molar-refractivity contribution is 5.65. The monoisotopic (exact) mass is 291 g/mol. The summed E-state index contributed by atoms with van der Waals surface area (Å²) in [5.74, 6) is 0. The van der Waals surface area contributed by atoms with Crippen molar-refractivity contribution in [1.82, 2.24) is 0 Å². The molecule has 1 saturated heterocycles. The summed E-state index contributed by atoms with van der Waals surface area (Å²) >= 11 is 0. The van der Waals surface area contributed by atoms with E-state index in [2.05, 4.69) is 10.2 Å². The summed E-state index contributed by atoms with van der Waals surface area (Å²) in [7, 11) is 1.78. The van der Waals surface area contributed by atoms with Gasteiger partial charge in [-0.2, -0.15) is 0 Å². The zero-order valence-electron chi connectivity index (χ0n) is 12.2. The summed E-state index contributed by atoms with van der Waals surface area (Å²) in [4.78, 5) is 13.1. The van der Waals surface area contributed by atoms with Crippen LogP contribution >= 0.6 is 0 Å². The number of nitro groups is 1. The first-order chi connectivity index (χ1) is 10.2. The number of hydrogen-bond donors (Lipinski definition) is 1. The third-order valence-electron chi connectivity index (χ3n) is 4.47. The van der Waals surface area contributed by atoms with Crippen LogP contribution in [-0.2, 0) is 4.74 Å². The van der Waals surface area contributed by atoms with Crippen LogP contribution < -0.4 is 10.2 Å². The number of fused-ring (bicyclic) bond motifs is 1. The van der Waals surface area contributed by atoms with Gasteiger partial charge in [-0.15, -0.1) is 0 Å². The predicted octanol–water partition coefficient (Wildman–Crippen LogP) is 2.78. The summed E-state index contributed by atoms with van der Waals surface area (Å²) in [5, 5.41) is 14.1. The van der Waals surface area contributed by atoms with Crippen molar-refractivity contribution in [2.75, 3.05) is 30.4 Å². The molecule has 6 nitrogen and oxygen atoms in total. The smallest absolute Gasteiger partial charge is 0.273 e. The van der Waals surface area contributed by atoms with Crippen LogP contribution in [0.4, 0.5) is 17.1 Å². The van der Waals surface area contributed by atoms with Crippen LogP contribution in [0.3, 0.4) is 0 Å². The van der Waals surface area contributed by atoms with E-state index >= 15 is 0 Å². The number of morpholine rings is 1. The highest BCUT2D eigenvalue weighted by atomic mass is 16.6. The average molecular weight is 291 g/mol. The lowest BCUT2D eigenvalue weighted by Crippen LogP contribution is -2.52. The number of hydrogen-bond acceptors (Lipinski definition) is 5. The Balaban J connectivity index is 1.94. The summed E-state index contributed by atoms with van der Waals surface area (Å²) < 4.78 is 5.88. The van der Waals surface area contributed by atoms with Gasteiger partial charge in [-0.05, 0) is 18.9 Å². The standard InChI is InChI=1S/C15H21N3O3/c1-16-11-8-12(10-13(9-11)18(19)20)17-6-7-21-15-5-3-2-4-14(15)17/h8-10,14-16H,2-7H2,1H3. The van der Waals surface area contributed by atoms with Crippen molar-refractivity contribution in [2.24, 2.45) is 0 Å². The van der Waals surface area contributed by atoms with Crippen molar-refractivity contribution in [3.8, 4) is 0 Å². The highest BCUT2D eigenvalue weighted by Crippen LogP contribution is 2.35. The lowest BCUT2D eigenvalue weighted by atomic mass is 9.89. The first-order valence-electron chi connectivity index (χ1n) is 7.54. The Kier molecular flexibility index (Phi) is 3.96. The molecular formula is C15H21N3O3. The molecule has 2 aliphatic rings. The van der Waals surface area contributed by atoms with Gasteiger partial charge >= 0.3 is 0 Å². The van der Waals surface area contributed by atoms with Crippen LogP contribution in [-0.4, -0.2) is 37.3 Å². The van der Waals surface area contributed by atoms with Gasteiger partial charge in [-0.3, -0.25) is 10.1 Å². The second-order valence-corrected chi connectivity index (χ2v) is 5.70. The van der Waals surface area contributed by atoms with E-state index in [1.54, 1.807) is 19.2 Å². The Morgan fingerprint density at radius 1 is 1.33 bits per heavy atom. The van der Waals surface area contributed by atoms with Gasteiger partial charge in [0.15, 0.2) is 0 Å². The van der Waals surface area contributed by atoms with Crippen molar-refractivity contribution >= 4 is 17.1 Å². The van der Waals surface area contributed by atoms with Crippen molar-refractivity contribution in [1.29, 1.82) is 0 Å². The molecule has 0 amide bonds. The van der Waals surface area contributed by atoms with Crippen molar-refractivity contribution in [3.05, 3.63) is 28.3 Å². The number of non-ortho nitro benzene ring substituents is 1. The van der Waals surface area contributed by atoms with Gasteiger partial charge in [0.05, 0.1) is 23.7 Å². The minimum atomic E-state index is -0.330. The van der Waals surface area contributed by atoms with E-state index in [1.165, 1.54) is 12.8 Å². The second-order valence-electron chi connectivity index (χ2n) is 5.70. The largest absolute Gasteiger partial charge is 0.388 e. The Labute approximate surface area is 124 Å².